The molecule has 106 valence electrons. The highest BCUT2D eigenvalue weighted by Crippen LogP contribution is 2.09. The normalized spacial score (nSPS) is 16.6. The molecule has 1 aromatic rings. The minimum atomic E-state index is 0.819. The molecule has 0 aromatic carbocycles. The van der Waals surface area contributed by atoms with Gasteiger partial charge in [0.2, 0.25) is 0 Å². The van der Waals surface area contributed by atoms with Crippen LogP contribution in [0.5, 0.6) is 0 Å². The maximum atomic E-state index is 4.18. The van der Waals surface area contributed by atoms with Crippen LogP contribution in [0, 0.1) is 0 Å². The molecule has 1 aliphatic rings. The first-order valence-electron chi connectivity index (χ1n) is 7.25. The minimum absolute atomic E-state index is 0.819. The number of nitrogens with one attached hydrogen (secondary N) is 1. The number of hydrogen-bond donors (Lipinski definition) is 1. The fourth-order valence-electron chi connectivity index (χ4n) is 2.18. The van der Waals surface area contributed by atoms with Crippen molar-refractivity contribution in [2.45, 2.75) is 39.8 Å². The highest BCUT2D eigenvalue weighted by Gasteiger charge is 2.09. The summed E-state index contributed by atoms with van der Waals surface area (Å²) in [5, 5.41) is 11.7. The third-order valence-corrected chi connectivity index (χ3v) is 3.48. The topological polar surface area (TPSA) is 46.0 Å². The Balaban J connectivity index is 1.71. The largest absolute Gasteiger partial charge is 0.311 e. The van der Waals surface area contributed by atoms with Gasteiger partial charge in [-0.3, -0.25) is 9.58 Å². The van der Waals surface area contributed by atoms with E-state index in [0.29, 0.717) is 0 Å². The van der Waals surface area contributed by atoms with Crippen molar-refractivity contribution in [3.05, 3.63) is 23.5 Å². The Labute approximate surface area is 115 Å². The molecule has 2 rings (SSSR count). The molecule has 5 heteroatoms. The van der Waals surface area contributed by atoms with E-state index < -0.39 is 0 Å². The van der Waals surface area contributed by atoms with Gasteiger partial charge >= 0.3 is 0 Å². The second-order valence-corrected chi connectivity index (χ2v) is 5.25. The monoisotopic (exact) mass is 263 g/mol. The minimum Gasteiger partial charge on any atom is -0.311 e. The van der Waals surface area contributed by atoms with Crippen molar-refractivity contribution in [1.82, 2.24) is 25.2 Å². The van der Waals surface area contributed by atoms with Crippen LogP contribution >= 0.6 is 0 Å². The second kappa shape index (κ2) is 7.40. The van der Waals surface area contributed by atoms with Crippen LogP contribution < -0.4 is 5.32 Å². The van der Waals surface area contributed by atoms with Crippen LogP contribution in [-0.2, 0) is 13.1 Å². The summed E-state index contributed by atoms with van der Waals surface area (Å²) in [5.41, 5.74) is 2.55. The van der Waals surface area contributed by atoms with Crippen LogP contribution in [0.1, 0.15) is 32.4 Å². The molecule has 0 spiro atoms. The van der Waals surface area contributed by atoms with E-state index in [1.807, 2.05) is 10.9 Å². The lowest BCUT2D eigenvalue weighted by Gasteiger charge is -2.24. The Morgan fingerprint density at radius 3 is 3.00 bits per heavy atom. The van der Waals surface area contributed by atoms with Crippen molar-refractivity contribution in [1.29, 1.82) is 0 Å². The molecule has 0 fully saturated rings. The molecule has 0 aliphatic carbocycles. The zero-order valence-corrected chi connectivity index (χ0v) is 12.1. The maximum Gasteiger partial charge on any atom is 0.0964 e. The van der Waals surface area contributed by atoms with Crippen LogP contribution in [0.2, 0.25) is 0 Å². The van der Waals surface area contributed by atoms with Crippen molar-refractivity contribution >= 4 is 0 Å². The lowest BCUT2D eigenvalue weighted by molar-refractivity contribution is 0.276. The van der Waals surface area contributed by atoms with Crippen LogP contribution in [0.15, 0.2) is 17.8 Å². The van der Waals surface area contributed by atoms with Crippen LogP contribution in [-0.4, -0.2) is 46.1 Å². The van der Waals surface area contributed by atoms with Crippen molar-refractivity contribution in [3.63, 3.8) is 0 Å². The lowest BCUT2D eigenvalue weighted by Crippen LogP contribution is -2.31. The Kier molecular flexibility index (Phi) is 5.54. The standard InChI is InChI=1S/C14H25N5/c1-3-6-15-11-14-12-19(17-16-14)10-9-18-7-4-13(2)5-8-18/h4,12,15H,3,5-11H2,1-2H3. The molecular formula is C14H25N5. The van der Waals surface area contributed by atoms with E-state index in [4.69, 9.17) is 0 Å². The Morgan fingerprint density at radius 1 is 1.37 bits per heavy atom. The van der Waals surface area contributed by atoms with Crippen molar-refractivity contribution in [2.24, 2.45) is 0 Å². The van der Waals surface area contributed by atoms with Crippen molar-refractivity contribution in [3.8, 4) is 0 Å². The highest BCUT2D eigenvalue weighted by atomic mass is 15.4. The van der Waals surface area contributed by atoms with E-state index >= 15 is 0 Å². The first-order chi connectivity index (χ1) is 9.28. The van der Waals surface area contributed by atoms with E-state index in [9.17, 15) is 0 Å². The molecule has 1 aromatic heterocycles. The molecule has 19 heavy (non-hydrogen) atoms. The van der Waals surface area contributed by atoms with Crippen LogP contribution in [0.25, 0.3) is 0 Å². The van der Waals surface area contributed by atoms with Gasteiger partial charge in [-0.15, -0.1) is 5.10 Å². The molecule has 5 nitrogen and oxygen atoms in total. The molecule has 0 saturated heterocycles. The summed E-state index contributed by atoms with van der Waals surface area (Å²) in [6.07, 6.45) is 6.72. The predicted molar refractivity (Wildman–Crippen MR) is 76.8 cm³/mol. The zero-order chi connectivity index (χ0) is 13.5. The summed E-state index contributed by atoms with van der Waals surface area (Å²) >= 11 is 0. The van der Waals surface area contributed by atoms with E-state index in [2.05, 4.69) is 40.5 Å². The molecule has 1 aliphatic heterocycles. The number of hydrogen-bond acceptors (Lipinski definition) is 4. The SMILES string of the molecule is CCCNCc1cn(CCN2CC=C(C)CC2)nn1. The third-order valence-electron chi connectivity index (χ3n) is 3.48. The van der Waals surface area contributed by atoms with Crippen LogP contribution in [0.3, 0.4) is 0 Å². The smallest absolute Gasteiger partial charge is 0.0964 e. The van der Waals surface area contributed by atoms with Gasteiger partial charge in [0.25, 0.3) is 0 Å². The average molecular weight is 263 g/mol. The first-order valence-corrected chi connectivity index (χ1v) is 7.25. The molecule has 0 saturated carbocycles. The van der Waals surface area contributed by atoms with Gasteiger partial charge in [0.15, 0.2) is 0 Å². The quantitative estimate of drug-likeness (QED) is 0.597. The molecule has 1 N–H and O–H groups in total. The van der Waals surface area contributed by atoms with E-state index in [1.54, 1.807) is 0 Å². The van der Waals surface area contributed by atoms with Gasteiger partial charge < -0.3 is 5.32 Å². The Bertz CT molecular complexity index is 410. The zero-order valence-electron chi connectivity index (χ0n) is 12.1. The van der Waals surface area contributed by atoms with Gasteiger partial charge in [-0.25, -0.2) is 0 Å². The lowest BCUT2D eigenvalue weighted by atomic mass is 10.1. The van der Waals surface area contributed by atoms with E-state index in [1.165, 1.54) is 18.5 Å². The summed E-state index contributed by atoms with van der Waals surface area (Å²) in [5.74, 6) is 0. The number of rotatable bonds is 7. The third kappa shape index (κ3) is 4.76. The van der Waals surface area contributed by atoms with E-state index in [-0.39, 0.29) is 0 Å². The Hall–Kier alpha value is -1.20. The summed E-state index contributed by atoms with van der Waals surface area (Å²) in [4.78, 5) is 2.46. The van der Waals surface area contributed by atoms with Gasteiger partial charge in [-0.05, 0) is 26.3 Å². The van der Waals surface area contributed by atoms with Crippen molar-refractivity contribution in [2.75, 3.05) is 26.2 Å². The van der Waals surface area contributed by atoms with Gasteiger partial charge in [0, 0.05) is 32.4 Å². The van der Waals surface area contributed by atoms with Gasteiger partial charge in [-0.2, -0.15) is 0 Å². The molecule has 0 bridgehead atoms. The fraction of sp³-hybridized carbons (Fsp3) is 0.714. The average Bonchev–Trinajstić information content (AvgIpc) is 2.86. The summed E-state index contributed by atoms with van der Waals surface area (Å²) in [6, 6.07) is 0. The molecule has 0 amide bonds. The predicted octanol–water partition coefficient (Wildman–Crippen LogP) is 1.43. The fourth-order valence-corrected chi connectivity index (χ4v) is 2.18. The first kappa shape index (κ1) is 14.2. The van der Waals surface area contributed by atoms with E-state index in [0.717, 1.165) is 44.8 Å². The molecule has 0 atom stereocenters. The summed E-state index contributed by atoms with van der Waals surface area (Å²) in [7, 11) is 0. The highest BCUT2D eigenvalue weighted by molar-refractivity contribution is 5.03. The van der Waals surface area contributed by atoms with Crippen molar-refractivity contribution < 1.29 is 0 Å². The maximum absolute atomic E-state index is 4.18. The second-order valence-electron chi connectivity index (χ2n) is 5.25. The molecule has 0 radical (unpaired) electrons. The molecular weight excluding hydrogens is 238 g/mol. The molecule has 0 unspecified atom stereocenters. The Morgan fingerprint density at radius 2 is 2.26 bits per heavy atom. The molecule has 2 heterocycles. The summed E-state index contributed by atoms with van der Waals surface area (Å²) in [6.45, 7) is 10.4. The van der Waals surface area contributed by atoms with Gasteiger partial charge in [-0.1, -0.05) is 23.8 Å². The summed E-state index contributed by atoms with van der Waals surface area (Å²) < 4.78 is 1.95. The number of nitrogens with zero attached hydrogens (tertiary/aromatic N) is 4. The number of aromatic nitrogens is 3. The van der Waals surface area contributed by atoms with Crippen LogP contribution in [0.4, 0.5) is 0 Å². The van der Waals surface area contributed by atoms with Gasteiger partial charge in [0.05, 0.1) is 12.2 Å². The van der Waals surface area contributed by atoms with Gasteiger partial charge in [0.1, 0.15) is 0 Å².